The first kappa shape index (κ1) is 14.6. The van der Waals surface area contributed by atoms with E-state index in [2.05, 4.69) is 10.2 Å². The molecule has 0 bridgehead atoms. The van der Waals surface area contributed by atoms with E-state index in [1.165, 1.54) is 12.1 Å². The molecule has 5 heteroatoms. The normalized spacial score (nSPS) is 10.8. The molecule has 112 valence electrons. The number of hydrogen-bond donors (Lipinski definition) is 0. The van der Waals surface area contributed by atoms with Gasteiger partial charge in [-0.1, -0.05) is 48.5 Å². The highest BCUT2D eigenvalue weighted by molar-refractivity contribution is 5.75. The summed E-state index contributed by atoms with van der Waals surface area (Å²) in [7, 11) is 0. The smallest absolute Gasteiger partial charge is 0.258 e. The highest BCUT2D eigenvalue weighted by atomic mass is 16.6. The highest BCUT2D eigenvalue weighted by Gasteiger charge is 2.05. The van der Waals surface area contributed by atoms with Crippen molar-refractivity contribution in [2.75, 3.05) is 0 Å². The first-order chi connectivity index (χ1) is 11.2. The Hall–Kier alpha value is -3.34. The summed E-state index contributed by atoms with van der Waals surface area (Å²) in [5.41, 5.74) is 3.40. The molecule has 0 aliphatic heterocycles. The first-order valence-corrected chi connectivity index (χ1v) is 7.05. The van der Waals surface area contributed by atoms with E-state index in [-0.39, 0.29) is 5.69 Å². The Morgan fingerprint density at radius 2 is 1.39 bits per heavy atom. The van der Waals surface area contributed by atoms with Crippen LogP contribution in [0.4, 0.5) is 17.1 Å². The lowest BCUT2D eigenvalue weighted by Gasteiger charge is -2.04. The lowest BCUT2D eigenvalue weighted by molar-refractivity contribution is -0.384. The maximum absolute atomic E-state index is 10.6. The Labute approximate surface area is 133 Å². The Morgan fingerprint density at radius 1 is 0.739 bits per heavy atom. The molecule has 0 saturated carbocycles. The number of hydrogen-bond acceptors (Lipinski definition) is 4. The van der Waals surface area contributed by atoms with Crippen molar-refractivity contribution in [2.45, 2.75) is 0 Å². The van der Waals surface area contributed by atoms with Crippen molar-refractivity contribution in [1.82, 2.24) is 0 Å². The fourth-order valence-electron chi connectivity index (χ4n) is 2.18. The molecule has 0 saturated heterocycles. The second-order valence-corrected chi connectivity index (χ2v) is 4.86. The topological polar surface area (TPSA) is 67.9 Å². The maximum Gasteiger partial charge on any atom is 0.269 e. The van der Waals surface area contributed by atoms with Crippen molar-refractivity contribution in [3.63, 3.8) is 0 Å². The highest BCUT2D eigenvalue weighted by Crippen LogP contribution is 2.31. The molecule has 0 spiro atoms. The zero-order valence-electron chi connectivity index (χ0n) is 12.2. The van der Waals surface area contributed by atoms with Gasteiger partial charge in [-0.05, 0) is 23.8 Å². The monoisotopic (exact) mass is 303 g/mol. The Kier molecular flexibility index (Phi) is 4.20. The summed E-state index contributed by atoms with van der Waals surface area (Å²) in [5, 5.41) is 19.1. The van der Waals surface area contributed by atoms with Gasteiger partial charge in [0.1, 0.15) is 0 Å². The number of azo groups is 1. The quantitative estimate of drug-likeness (QED) is 0.353. The Bertz CT molecular complexity index is 844. The van der Waals surface area contributed by atoms with Gasteiger partial charge in [-0.15, -0.1) is 5.11 Å². The molecule has 3 aromatic carbocycles. The van der Waals surface area contributed by atoms with Gasteiger partial charge in [0.2, 0.25) is 0 Å². The molecular formula is C18H13N3O2. The Morgan fingerprint density at radius 3 is 2.09 bits per heavy atom. The number of nitrogens with zero attached hydrogens (tertiary/aromatic N) is 3. The van der Waals surface area contributed by atoms with Crippen LogP contribution in [0.25, 0.3) is 11.1 Å². The Balaban J connectivity index is 1.90. The van der Waals surface area contributed by atoms with Crippen LogP contribution in [-0.4, -0.2) is 4.92 Å². The van der Waals surface area contributed by atoms with Crippen LogP contribution in [0.2, 0.25) is 0 Å². The van der Waals surface area contributed by atoms with Gasteiger partial charge in [0, 0.05) is 17.7 Å². The van der Waals surface area contributed by atoms with Crippen LogP contribution in [-0.2, 0) is 0 Å². The van der Waals surface area contributed by atoms with E-state index in [1.54, 1.807) is 12.1 Å². The van der Waals surface area contributed by atoms with Crippen LogP contribution in [0.5, 0.6) is 0 Å². The van der Waals surface area contributed by atoms with Crippen molar-refractivity contribution >= 4 is 17.1 Å². The zero-order chi connectivity index (χ0) is 16.1. The SMILES string of the molecule is O=[N+]([O-])c1ccc(N=Nc2ccccc2-c2ccccc2)cc1. The molecule has 0 aliphatic carbocycles. The molecule has 0 fully saturated rings. The molecule has 0 heterocycles. The fraction of sp³-hybridized carbons (Fsp3) is 0. The van der Waals surface area contributed by atoms with E-state index >= 15 is 0 Å². The largest absolute Gasteiger partial charge is 0.269 e. The maximum atomic E-state index is 10.6. The van der Waals surface area contributed by atoms with Gasteiger partial charge >= 0.3 is 0 Å². The third-order valence-electron chi connectivity index (χ3n) is 3.32. The second-order valence-electron chi connectivity index (χ2n) is 4.86. The number of nitro benzene ring substituents is 1. The molecule has 0 amide bonds. The number of rotatable bonds is 4. The molecule has 5 nitrogen and oxygen atoms in total. The molecule has 0 atom stereocenters. The molecule has 3 aromatic rings. The van der Waals surface area contributed by atoms with E-state index in [9.17, 15) is 10.1 Å². The standard InChI is InChI=1S/C18H13N3O2/c22-21(23)16-12-10-15(11-13-16)19-20-18-9-5-4-8-17(18)14-6-2-1-3-7-14/h1-13H. The lowest BCUT2D eigenvalue weighted by atomic mass is 10.0. The summed E-state index contributed by atoms with van der Waals surface area (Å²) in [6.07, 6.45) is 0. The first-order valence-electron chi connectivity index (χ1n) is 7.05. The molecule has 0 N–H and O–H groups in total. The van der Waals surface area contributed by atoms with Gasteiger partial charge in [-0.25, -0.2) is 0 Å². The average molecular weight is 303 g/mol. The number of nitro groups is 1. The van der Waals surface area contributed by atoms with Crippen molar-refractivity contribution in [3.05, 3.63) is 89.0 Å². The molecular weight excluding hydrogens is 290 g/mol. The molecule has 23 heavy (non-hydrogen) atoms. The van der Waals surface area contributed by atoms with Crippen molar-refractivity contribution in [3.8, 4) is 11.1 Å². The number of benzene rings is 3. The zero-order valence-corrected chi connectivity index (χ0v) is 12.2. The van der Waals surface area contributed by atoms with Crippen LogP contribution in [0, 0.1) is 10.1 Å². The molecule has 3 rings (SSSR count). The second kappa shape index (κ2) is 6.62. The van der Waals surface area contributed by atoms with Gasteiger partial charge in [0.25, 0.3) is 5.69 Å². The van der Waals surface area contributed by atoms with E-state index in [0.29, 0.717) is 5.69 Å². The predicted octanol–water partition coefficient (Wildman–Crippen LogP) is 5.68. The average Bonchev–Trinajstić information content (AvgIpc) is 2.61. The van der Waals surface area contributed by atoms with Gasteiger partial charge in [0.05, 0.1) is 16.3 Å². The van der Waals surface area contributed by atoms with Crippen LogP contribution < -0.4 is 0 Å². The molecule has 0 radical (unpaired) electrons. The summed E-state index contributed by atoms with van der Waals surface area (Å²) in [4.78, 5) is 10.2. The van der Waals surface area contributed by atoms with E-state index in [0.717, 1.165) is 16.8 Å². The van der Waals surface area contributed by atoms with Crippen LogP contribution >= 0.6 is 0 Å². The summed E-state index contributed by atoms with van der Waals surface area (Å²) >= 11 is 0. The predicted molar refractivity (Wildman–Crippen MR) is 89.2 cm³/mol. The molecule has 0 aromatic heterocycles. The van der Waals surface area contributed by atoms with Gasteiger partial charge in [-0.2, -0.15) is 5.11 Å². The molecule has 0 unspecified atom stereocenters. The summed E-state index contributed by atoms with van der Waals surface area (Å²) < 4.78 is 0. The molecule has 0 aliphatic rings. The fourth-order valence-corrected chi connectivity index (χ4v) is 2.18. The van der Waals surface area contributed by atoms with Crippen LogP contribution in [0.3, 0.4) is 0 Å². The minimum atomic E-state index is -0.439. The van der Waals surface area contributed by atoms with Crippen molar-refractivity contribution in [2.24, 2.45) is 10.2 Å². The lowest BCUT2D eigenvalue weighted by Crippen LogP contribution is -1.85. The van der Waals surface area contributed by atoms with Crippen LogP contribution in [0.1, 0.15) is 0 Å². The van der Waals surface area contributed by atoms with Gasteiger partial charge in [0.15, 0.2) is 0 Å². The van der Waals surface area contributed by atoms with Gasteiger partial charge in [-0.3, -0.25) is 10.1 Å². The van der Waals surface area contributed by atoms with Crippen molar-refractivity contribution < 1.29 is 4.92 Å². The summed E-state index contributed by atoms with van der Waals surface area (Å²) in [5.74, 6) is 0. The third kappa shape index (κ3) is 3.47. The van der Waals surface area contributed by atoms with E-state index < -0.39 is 4.92 Å². The van der Waals surface area contributed by atoms with Gasteiger partial charge < -0.3 is 0 Å². The van der Waals surface area contributed by atoms with E-state index in [1.807, 2.05) is 54.6 Å². The van der Waals surface area contributed by atoms with Crippen LogP contribution in [0.15, 0.2) is 89.1 Å². The summed E-state index contributed by atoms with van der Waals surface area (Å²) in [6.45, 7) is 0. The van der Waals surface area contributed by atoms with Crippen molar-refractivity contribution in [1.29, 1.82) is 0 Å². The van der Waals surface area contributed by atoms with E-state index in [4.69, 9.17) is 0 Å². The number of non-ortho nitro benzene ring substituents is 1. The summed E-state index contributed by atoms with van der Waals surface area (Å²) in [6, 6.07) is 23.6. The third-order valence-corrected chi connectivity index (χ3v) is 3.32. The minimum absolute atomic E-state index is 0.0358. The minimum Gasteiger partial charge on any atom is -0.258 e.